The van der Waals surface area contributed by atoms with Gasteiger partial charge in [0.2, 0.25) is 0 Å². The number of nitrogens with one attached hydrogen (secondary N) is 1. The third kappa shape index (κ3) is 2.92. The van der Waals surface area contributed by atoms with Crippen molar-refractivity contribution in [3.63, 3.8) is 0 Å². The maximum Gasteiger partial charge on any atom is 0.142 e. The number of methoxy groups -OCH3 is 1. The van der Waals surface area contributed by atoms with E-state index < -0.39 is 0 Å². The quantitative estimate of drug-likeness (QED) is 0.694. The van der Waals surface area contributed by atoms with Crippen LogP contribution in [0.3, 0.4) is 0 Å². The van der Waals surface area contributed by atoms with Gasteiger partial charge in [-0.1, -0.05) is 15.9 Å². The van der Waals surface area contributed by atoms with Gasteiger partial charge in [-0.05, 0) is 48.5 Å². The van der Waals surface area contributed by atoms with Crippen molar-refractivity contribution in [2.75, 3.05) is 18.2 Å². The Morgan fingerprint density at radius 3 is 2.76 bits per heavy atom. The van der Waals surface area contributed by atoms with E-state index in [2.05, 4.69) is 26.2 Å². The van der Waals surface area contributed by atoms with Gasteiger partial charge in [-0.25, -0.2) is 4.98 Å². The molecule has 0 spiro atoms. The van der Waals surface area contributed by atoms with Gasteiger partial charge in [-0.3, -0.25) is 0 Å². The van der Waals surface area contributed by atoms with Crippen molar-refractivity contribution < 1.29 is 4.74 Å². The van der Waals surface area contributed by atoms with Crippen LogP contribution in [0.15, 0.2) is 53.0 Å². The SMILES string of the molecule is COc1ccc(Br)cc1Nc1ccc2cc(N)ccc2n1. The van der Waals surface area contributed by atoms with Gasteiger partial charge in [0.05, 0.1) is 18.3 Å². The normalized spacial score (nSPS) is 10.6. The minimum Gasteiger partial charge on any atom is -0.495 e. The third-order valence-corrected chi connectivity index (χ3v) is 3.63. The van der Waals surface area contributed by atoms with Crippen LogP contribution in [0.5, 0.6) is 5.75 Å². The number of halogens is 1. The number of hydrogen-bond donors (Lipinski definition) is 2. The minimum atomic E-state index is 0.735. The van der Waals surface area contributed by atoms with Crippen molar-refractivity contribution in [3.05, 3.63) is 53.0 Å². The van der Waals surface area contributed by atoms with Gasteiger partial charge in [0.15, 0.2) is 0 Å². The zero-order valence-electron chi connectivity index (χ0n) is 11.4. The van der Waals surface area contributed by atoms with Crippen LogP contribution < -0.4 is 15.8 Å². The molecule has 0 aliphatic heterocycles. The van der Waals surface area contributed by atoms with Gasteiger partial charge < -0.3 is 15.8 Å². The Hall–Kier alpha value is -2.27. The van der Waals surface area contributed by atoms with Gasteiger partial charge in [-0.2, -0.15) is 0 Å². The summed E-state index contributed by atoms with van der Waals surface area (Å²) in [5.74, 6) is 1.51. The number of anilines is 3. The number of aromatic nitrogens is 1. The summed E-state index contributed by atoms with van der Waals surface area (Å²) in [6.45, 7) is 0. The predicted octanol–water partition coefficient (Wildman–Crippen LogP) is 4.33. The summed E-state index contributed by atoms with van der Waals surface area (Å²) in [6, 6.07) is 15.4. The number of hydrogen-bond acceptors (Lipinski definition) is 4. The number of benzene rings is 2. The molecule has 5 heteroatoms. The summed E-state index contributed by atoms with van der Waals surface area (Å²) in [4.78, 5) is 4.58. The van der Waals surface area contributed by atoms with Gasteiger partial charge >= 0.3 is 0 Å². The first-order chi connectivity index (χ1) is 10.2. The van der Waals surface area contributed by atoms with Crippen molar-refractivity contribution in [2.24, 2.45) is 0 Å². The second-order valence-corrected chi connectivity index (χ2v) is 5.53. The zero-order valence-corrected chi connectivity index (χ0v) is 13.0. The van der Waals surface area contributed by atoms with E-state index in [1.807, 2.05) is 48.5 Å². The Bertz CT molecular complexity index is 805. The molecule has 0 aliphatic carbocycles. The van der Waals surface area contributed by atoms with Crippen molar-refractivity contribution >= 4 is 44.0 Å². The van der Waals surface area contributed by atoms with E-state index in [4.69, 9.17) is 10.5 Å². The number of ether oxygens (including phenoxy) is 1. The molecule has 3 N–H and O–H groups in total. The number of nitrogens with two attached hydrogens (primary N) is 1. The molecule has 0 atom stereocenters. The van der Waals surface area contributed by atoms with E-state index in [9.17, 15) is 0 Å². The average molecular weight is 344 g/mol. The first-order valence-electron chi connectivity index (χ1n) is 6.42. The predicted molar refractivity (Wildman–Crippen MR) is 90.1 cm³/mol. The van der Waals surface area contributed by atoms with Crippen LogP contribution in [0.2, 0.25) is 0 Å². The van der Waals surface area contributed by atoms with Gasteiger partial charge in [0, 0.05) is 15.5 Å². The fraction of sp³-hybridized carbons (Fsp3) is 0.0625. The molecular weight excluding hydrogens is 330 g/mol. The lowest BCUT2D eigenvalue weighted by atomic mass is 10.2. The molecule has 0 saturated heterocycles. The molecule has 0 saturated carbocycles. The highest BCUT2D eigenvalue weighted by atomic mass is 79.9. The lowest BCUT2D eigenvalue weighted by molar-refractivity contribution is 0.416. The molecule has 0 fully saturated rings. The number of fused-ring (bicyclic) bond motifs is 1. The third-order valence-electron chi connectivity index (χ3n) is 3.14. The molecule has 0 aliphatic rings. The molecule has 3 rings (SSSR count). The molecule has 0 bridgehead atoms. The largest absolute Gasteiger partial charge is 0.495 e. The van der Waals surface area contributed by atoms with Crippen molar-refractivity contribution in [1.29, 1.82) is 0 Å². The van der Waals surface area contributed by atoms with Crippen molar-refractivity contribution in [1.82, 2.24) is 4.98 Å². The van der Waals surface area contributed by atoms with Crippen LogP contribution in [0.4, 0.5) is 17.2 Å². The Labute approximate surface area is 131 Å². The topological polar surface area (TPSA) is 60.2 Å². The molecule has 106 valence electrons. The van der Waals surface area contributed by atoms with Crippen LogP contribution >= 0.6 is 15.9 Å². The molecule has 0 amide bonds. The van der Waals surface area contributed by atoms with Crippen LogP contribution in [0.25, 0.3) is 10.9 Å². The van der Waals surface area contributed by atoms with Crippen LogP contribution in [-0.4, -0.2) is 12.1 Å². The standard InChI is InChI=1S/C16H14BrN3O/c1-21-15-6-3-11(17)9-14(15)20-16-7-2-10-8-12(18)4-5-13(10)19-16/h2-9H,18H2,1H3,(H,19,20). The maximum atomic E-state index is 5.77. The van der Waals surface area contributed by atoms with E-state index in [1.165, 1.54) is 0 Å². The number of pyridine rings is 1. The Balaban J connectivity index is 1.98. The van der Waals surface area contributed by atoms with Crippen molar-refractivity contribution in [3.8, 4) is 5.75 Å². The molecule has 0 unspecified atom stereocenters. The zero-order chi connectivity index (χ0) is 14.8. The van der Waals surface area contributed by atoms with Crippen molar-refractivity contribution in [2.45, 2.75) is 0 Å². The van der Waals surface area contributed by atoms with E-state index >= 15 is 0 Å². The van der Waals surface area contributed by atoms with Gasteiger partial charge in [0.25, 0.3) is 0 Å². The monoisotopic (exact) mass is 343 g/mol. The van der Waals surface area contributed by atoms with E-state index in [0.29, 0.717) is 0 Å². The highest BCUT2D eigenvalue weighted by molar-refractivity contribution is 9.10. The molecule has 21 heavy (non-hydrogen) atoms. The molecular formula is C16H14BrN3O. The van der Waals surface area contributed by atoms with Crippen LogP contribution in [0, 0.1) is 0 Å². The summed E-state index contributed by atoms with van der Waals surface area (Å²) in [6.07, 6.45) is 0. The fourth-order valence-electron chi connectivity index (χ4n) is 2.13. The van der Waals surface area contributed by atoms with Crippen LogP contribution in [-0.2, 0) is 0 Å². The summed E-state index contributed by atoms with van der Waals surface area (Å²) in [7, 11) is 1.64. The second kappa shape index (κ2) is 5.61. The molecule has 1 aromatic heterocycles. The Morgan fingerprint density at radius 2 is 1.95 bits per heavy atom. The van der Waals surface area contributed by atoms with E-state index in [0.717, 1.165) is 38.3 Å². The summed E-state index contributed by atoms with van der Waals surface area (Å²) in [5.41, 5.74) is 8.26. The van der Waals surface area contributed by atoms with Crippen LogP contribution in [0.1, 0.15) is 0 Å². The molecule has 1 heterocycles. The lowest BCUT2D eigenvalue weighted by Gasteiger charge is -2.11. The smallest absolute Gasteiger partial charge is 0.142 e. The summed E-state index contributed by atoms with van der Waals surface area (Å²) in [5, 5.41) is 4.29. The van der Waals surface area contributed by atoms with E-state index in [-0.39, 0.29) is 0 Å². The maximum absolute atomic E-state index is 5.77. The highest BCUT2D eigenvalue weighted by Crippen LogP contribution is 2.30. The first kappa shape index (κ1) is 13.7. The highest BCUT2D eigenvalue weighted by Gasteiger charge is 2.05. The fourth-order valence-corrected chi connectivity index (χ4v) is 2.49. The first-order valence-corrected chi connectivity index (χ1v) is 7.22. The molecule has 4 nitrogen and oxygen atoms in total. The lowest BCUT2D eigenvalue weighted by Crippen LogP contribution is -1.97. The van der Waals surface area contributed by atoms with Gasteiger partial charge in [0.1, 0.15) is 11.6 Å². The Kier molecular flexibility index (Phi) is 3.66. The molecule has 3 aromatic rings. The number of nitrogens with zero attached hydrogens (tertiary/aromatic N) is 1. The average Bonchev–Trinajstić information content (AvgIpc) is 2.48. The summed E-state index contributed by atoms with van der Waals surface area (Å²) < 4.78 is 6.32. The summed E-state index contributed by atoms with van der Waals surface area (Å²) >= 11 is 3.46. The minimum absolute atomic E-state index is 0.735. The number of rotatable bonds is 3. The second-order valence-electron chi connectivity index (χ2n) is 4.62. The van der Waals surface area contributed by atoms with Gasteiger partial charge in [-0.15, -0.1) is 0 Å². The number of nitrogen functional groups attached to an aromatic ring is 1. The Morgan fingerprint density at radius 1 is 1.10 bits per heavy atom. The molecule has 0 radical (unpaired) electrons. The van der Waals surface area contributed by atoms with E-state index in [1.54, 1.807) is 7.11 Å². The molecule has 2 aromatic carbocycles.